The Bertz CT molecular complexity index is 991. The molecule has 2 saturated heterocycles. The number of benzene rings is 2. The highest BCUT2D eigenvalue weighted by Crippen LogP contribution is 2.42. The summed E-state index contributed by atoms with van der Waals surface area (Å²) >= 11 is 0. The molecule has 0 aromatic heterocycles. The van der Waals surface area contributed by atoms with Gasteiger partial charge in [0.1, 0.15) is 5.75 Å². The zero-order valence-electron chi connectivity index (χ0n) is 20.2. The zero-order chi connectivity index (χ0) is 22.9. The fourth-order valence-corrected chi connectivity index (χ4v) is 6.13. The van der Waals surface area contributed by atoms with Gasteiger partial charge in [0.05, 0.1) is 12.1 Å². The number of amides is 2. The van der Waals surface area contributed by atoms with Crippen molar-refractivity contribution >= 4 is 6.03 Å². The van der Waals surface area contributed by atoms with Crippen LogP contribution in [0.1, 0.15) is 68.8 Å². The summed E-state index contributed by atoms with van der Waals surface area (Å²) in [5, 5.41) is 3.29. The lowest BCUT2D eigenvalue weighted by molar-refractivity contribution is 0.00532. The molecule has 3 heterocycles. The van der Waals surface area contributed by atoms with Crippen LogP contribution in [-0.2, 0) is 6.42 Å². The molecule has 3 aliphatic rings. The molecule has 0 aliphatic carbocycles. The van der Waals surface area contributed by atoms with E-state index in [0.29, 0.717) is 18.0 Å². The largest absolute Gasteiger partial charge is 0.491 e. The summed E-state index contributed by atoms with van der Waals surface area (Å²) in [6, 6.07) is 17.7. The Hall–Kier alpha value is -2.53. The molecule has 2 amide bonds. The van der Waals surface area contributed by atoms with E-state index in [1.807, 2.05) is 32.0 Å². The predicted octanol–water partition coefficient (Wildman–Crippen LogP) is 5.33. The summed E-state index contributed by atoms with van der Waals surface area (Å²) in [6.07, 6.45) is 4.64. The summed E-state index contributed by atoms with van der Waals surface area (Å²) in [5.41, 5.74) is 4.04. The second kappa shape index (κ2) is 9.38. The monoisotopic (exact) mass is 447 g/mol. The summed E-state index contributed by atoms with van der Waals surface area (Å²) in [7, 11) is 0. The van der Waals surface area contributed by atoms with E-state index in [-0.39, 0.29) is 18.2 Å². The van der Waals surface area contributed by atoms with Crippen molar-refractivity contribution in [3.8, 4) is 5.75 Å². The number of ether oxygens (including phenoxy) is 1. The van der Waals surface area contributed by atoms with Gasteiger partial charge in [0.25, 0.3) is 0 Å². The minimum atomic E-state index is -0.0657. The van der Waals surface area contributed by atoms with E-state index in [2.05, 4.69) is 52.4 Å². The predicted molar refractivity (Wildman–Crippen MR) is 131 cm³/mol. The number of hydrogen-bond acceptors (Lipinski definition) is 3. The average molecular weight is 448 g/mol. The van der Waals surface area contributed by atoms with Crippen LogP contribution < -0.4 is 10.1 Å². The number of carbonyl (C=O) groups is 1. The van der Waals surface area contributed by atoms with E-state index in [1.54, 1.807) is 0 Å². The Labute approximate surface area is 198 Å². The van der Waals surface area contributed by atoms with E-state index < -0.39 is 0 Å². The molecular formula is C28H37N3O2. The lowest BCUT2D eigenvalue weighted by Crippen LogP contribution is -2.59. The number of nitrogens with zero attached hydrogens (tertiary/aromatic N) is 2. The molecule has 0 saturated carbocycles. The first kappa shape index (κ1) is 22.3. The average Bonchev–Trinajstić information content (AvgIpc) is 2.82. The molecular weight excluding hydrogens is 410 g/mol. The highest BCUT2D eigenvalue weighted by Gasteiger charge is 2.44. The van der Waals surface area contributed by atoms with E-state index in [0.717, 1.165) is 50.2 Å². The first-order valence-electron chi connectivity index (χ1n) is 12.6. The molecule has 5 heteroatoms. The molecule has 2 fully saturated rings. The topological polar surface area (TPSA) is 44.8 Å². The summed E-state index contributed by atoms with van der Waals surface area (Å²) in [5.74, 6) is 1.43. The van der Waals surface area contributed by atoms with Gasteiger partial charge in [0.15, 0.2) is 0 Å². The van der Waals surface area contributed by atoms with Crippen LogP contribution in [0.25, 0.3) is 0 Å². The lowest BCUT2D eigenvalue weighted by atomic mass is 9.77. The van der Waals surface area contributed by atoms with Crippen molar-refractivity contribution < 1.29 is 9.53 Å². The third kappa shape index (κ3) is 4.61. The van der Waals surface area contributed by atoms with Gasteiger partial charge in [-0.25, -0.2) is 4.79 Å². The highest BCUT2D eigenvalue weighted by molar-refractivity contribution is 5.75. The number of carbonyl (C=O) groups excluding carboxylic acids is 1. The first-order valence-corrected chi connectivity index (χ1v) is 12.6. The maximum Gasteiger partial charge on any atom is 0.318 e. The van der Waals surface area contributed by atoms with Gasteiger partial charge in [0, 0.05) is 31.7 Å². The quantitative estimate of drug-likeness (QED) is 0.689. The second-order valence-corrected chi connectivity index (χ2v) is 10.3. The van der Waals surface area contributed by atoms with Crippen LogP contribution in [0.4, 0.5) is 4.79 Å². The van der Waals surface area contributed by atoms with Gasteiger partial charge in [0.2, 0.25) is 0 Å². The van der Waals surface area contributed by atoms with Crippen molar-refractivity contribution in [3.63, 3.8) is 0 Å². The van der Waals surface area contributed by atoms with E-state index in [9.17, 15) is 4.79 Å². The van der Waals surface area contributed by atoms with Gasteiger partial charge >= 0.3 is 6.03 Å². The molecule has 2 aromatic carbocycles. The van der Waals surface area contributed by atoms with Gasteiger partial charge < -0.3 is 15.0 Å². The molecule has 0 unspecified atom stereocenters. The molecule has 5 rings (SSSR count). The van der Waals surface area contributed by atoms with Crippen LogP contribution in [0.15, 0.2) is 48.5 Å². The van der Waals surface area contributed by atoms with Crippen LogP contribution >= 0.6 is 0 Å². The number of piperidine rings is 2. The number of rotatable bonds is 4. The fourth-order valence-electron chi connectivity index (χ4n) is 6.13. The third-order valence-corrected chi connectivity index (χ3v) is 7.71. The van der Waals surface area contributed by atoms with Gasteiger partial charge in [-0.3, -0.25) is 4.90 Å². The lowest BCUT2D eigenvalue weighted by Gasteiger charge is -2.52. The van der Waals surface area contributed by atoms with Gasteiger partial charge in [-0.15, -0.1) is 0 Å². The number of urea groups is 1. The Morgan fingerprint density at radius 1 is 1.09 bits per heavy atom. The molecule has 1 N–H and O–H groups in total. The molecule has 33 heavy (non-hydrogen) atoms. The number of nitrogens with one attached hydrogen (secondary N) is 1. The molecule has 2 aromatic rings. The summed E-state index contributed by atoms with van der Waals surface area (Å²) in [6.45, 7) is 9.22. The summed E-state index contributed by atoms with van der Waals surface area (Å²) < 4.78 is 5.85. The molecule has 176 valence electrons. The minimum absolute atomic E-state index is 0.0657. The number of hydrogen-bond donors (Lipinski definition) is 1. The number of fused-ring (bicyclic) bond motifs is 4. The van der Waals surface area contributed by atoms with Gasteiger partial charge in [-0.05, 0) is 81.2 Å². The highest BCUT2D eigenvalue weighted by atomic mass is 16.5. The van der Waals surface area contributed by atoms with E-state index in [1.165, 1.54) is 17.5 Å². The Kier molecular flexibility index (Phi) is 6.33. The molecule has 0 bridgehead atoms. The molecule has 3 aliphatic heterocycles. The smallest absolute Gasteiger partial charge is 0.318 e. The third-order valence-electron chi connectivity index (χ3n) is 7.71. The van der Waals surface area contributed by atoms with Gasteiger partial charge in [-0.2, -0.15) is 0 Å². The molecule has 4 atom stereocenters. The SMILES string of the molecule is CC(C)Oc1cccc([C@@H](C)NC(=O)N2CCC[C@@H]3CN4CCc5ccccc5[C@@H]4C[C@@H]32)c1. The Morgan fingerprint density at radius 2 is 1.94 bits per heavy atom. The first-order chi connectivity index (χ1) is 16.0. The van der Waals surface area contributed by atoms with E-state index >= 15 is 0 Å². The van der Waals surface area contributed by atoms with Crippen molar-refractivity contribution in [2.75, 3.05) is 19.6 Å². The van der Waals surface area contributed by atoms with Crippen molar-refractivity contribution in [2.24, 2.45) is 5.92 Å². The standard InChI is InChI=1S/C28H37N3O2/c1-19(2)33-24-11-6-9-22(16-24)20(3)29-28(32)31-14-7-10-23-18-30-15-13-21-8-4-5-12-25(21)27(30)17-26(23)31/h4-6,8-9,11-12,16,19-20,23,26-27H,7,10,13-15,17-18H2,1-3H3,(H,29,32)/t20-,23-,26+,27+/m1/s1. The van der Waals surface area contributed by atoms with Crippen LogP contribution in [0.5, 0.6) is 5.75 Å². The molecule has 5 nitrogen and oxygen atoms in total. The van der Waals surface area contributed by atoms with Crippen molar-refractivity contribution in [2.45, 2.75) is 70.7 Å². The van der Waals surface area contributed by atoms with Crippen LogP contribution in [0.3, 0.4) is 0 Å². The maximum absolute atomic E-state index is 13.5. The maximum atomic E-state index is 13.5. The van der Waals surface area contributed by atoms with Gasteiger partial charge in [-0.1, -0.05) is 36.4 Å². The molecule has 0 spiro atoms. The zero-order valence-corrected chi connectivity index (χ0v) is 20.2. The van der Waals surface area contributed by atoms with Crippen LogP contribution in [0, 0.1) is 5.92 Å². The van der Waals surface area contributed by atoms with Crippen molar-refractivity contribution in [3.05, 3.63) is 65.2 Å². The van der Waals surface area contributed by atoms with Crippen molar-refractivity contribution in [1.29, 1.82) is 0 Å². The Balaban J connectivity index is 1.30. The van der Waals surface area contributed by atoms with Crippen LogP contribution in [-0.4, -0.2) is 47.6 Å². The second-order valence-electron chi connectivity index (χ2n) is 10.3. The molecule has 0 radical (unpaired) electrons. The normalized spacial score (nSPS) is 25.6. The fraction of sp³-hybridized carbons (Fsp3) is 0.536. The minimum Gasteiger partial charge on any atom is -0.491 e. The Morgan fingerprint density at radius 3 is 2.79 bits per heavy atom. The van der Waals surface area contributed by atoms with Crippen molar-refractivity contribution in [1.82, 2.24) is 15.1 Å². The number of likely N-dealkylation sites (tertiary alicyclic amines) is 1. The van der Waals surface area contributed by atoms with Crippen LogP contribution in [0.2, 0.25) is 0 Å². The summed E-state index contributed by atoms with van der Waals surface area (Å²) in [4.78, 5) is 18.3. The van der Waals surface area contributed by atoms with E-state index in [4.69, 9.17) is 4.74 Å².